The minimum Gasteiger partial charge on any atom is -0.355 e. The van der Waals surface area contributed by atoms with E-state index in [0.717, 1.165) is 10.5 Å². The molecule has 0 aliphatic heterocycles. The van der Waals surface area contributed by atoms with Crippen molar-refractivity contribution in [2.24, 2.45) is 4.99 Å². The first-order chi connectivity index (χ1) is 12.0. The minimum absolute atomic E-state index is 0. The van der Waals surface area contributed by atoms with Gasteiger partial charge in [-0.2, -0.15) is 0 Å². The standard InChI is InChI=1S/C18H21Cl2N3OS.HI/c1-13(14-8-9-16(19)17(20)12-14)23-18(21-2)22-10-11-25(24)15-6-4-3-5-7-15;/h3-9,12-13H,10-11H2,1-2H3,(H2,21,22,23);1H. The summed E-state index contributed by atoms with van der Waals surface area (Å²) < 4.78 is 12.2. The van der Waals surface area contributed by atoms with E-state index in [1.165, 1.54) is 0 Å². The normalized spacial score (nSPS) is 13.5. The molecule has 0 aliphatic rings. The highest BCUT2D eigenvalue weighted by Gasteiger charge is 2.10. The van der Waals surface area contributed by atoms with E-state index in [1.807, 2.05) is 49.4 Å². The Bertz CT molecular complexity index is 759. The zero-order valence-corrected chi connectivity index (χ0v) is 19.2. The Labute approximate surface area is 184 Å². The molecule has 4 nitrogen and oxygen atoms in total. The molecule has 0 saturated carbocycles. The summed E-state index contributed by atoms with van der Waals surface area (Å²) in [6.45, 7) is 2.56. The Morgan fingerprint density at radius 1 is 1.15 bits per heavy atom. The highest BCUT2D eigenvalue weighted by Crippen LogP contribution is 2.25. The molecule has 2 atom stereocenters. The summed E-state index contributed by atoms with van der Waals surface area (Å²) in [6, 6.07) is 15.0. The van der Waals surface area contributed by atoms with Crippen molar-refractivity contribution in [3.8, 4) is 0 Å². The van der Waals surface area contributed by atoms with Gasteiger partial charge in [0.25, 0.3) is 0 Å². The molecular formula is C18H22Cl2IN3OS. The number of hydrogen-bond donors (Lipinski definition) is 2. The molecule has 0 amide bonds. The molecule has 2 aromatic rings. The van der Waals surface area contributed by atoms with E-state index in [4.69, 9.17) is 23.2 Å². The van der Waals surface area contributed by atoms with Crippen molar-refractivity contribution in [1.82, 2.24) is 10.6 Å². The van der Waals surface area contributed by atoms with Gasteiger partial charge in [0.05, 0.1) is 26.9 Å². The van der Waals surface area contributed by atoms with Gasteiger partial charge in [-0.15, -0.1) is 24.0 Å². The van der Waals surface area contributed by atoms with Gasteiger partial charge in [0.1, 0.15) is 0 Å². The second-order valence-corrected chi connectivity index (χ2v) is 7.79. The predicted molar refractivity (Wildman–Crippen MR) is 123 cm³/mol. The van der Waals surface area contributed by atoms with E-state index in [2.05, 4.69) is 15.6 Å². The molecule has 2 N–H and O–H groups in total. The van der Waals surface area contributed by atoms with Gasteiger partial charge in [-0.1, -0.05) is 47.5 Å². The van der Waals surface area contributed by atoms with Crippen LogP contribution in [0.4, 0.5) is 0 Å². The van der Waals surface area contributed by atoms with Crippen molar-refractivity contribution in [2.75, 3.05) is 19.3 Å². The molecule has 0 spiro atoms. The number of guanidine groups is 1. The predicted octanol–water partition coefficient (Wildman–Crippen LogP) is 4.65. The van der Waals surface area contributed by atoms with Crippen molar-refractivity contribution < 1.29 is 4.21 Å². The first-order valence-corrected chi connectivity index (χ1v) is 9.94. The summed E-state index contributed by atoms with van der Waals surface area (Å²) in [6.07, 6.45) is 0. The van der Waals surface area contributed by atoms with Gasteiger partial charge < -0.3 is 10.6 Å². The lowest BCUT2D eigenvalue weighted by atomic mass is 10.1. The molecule has 0 radical (unpaired) electrons. The fourth-order valence-corrected chi connectivity index (χ4v) is 3.51. The second kappa shape index (κ2) is 11.8. The Balaban J connectivity index is 0.00000338. The van der Waals surface area contributed by atoms with E-state index >= 15 is 0 Å². The maximum Gasteiger partial charge on any atom is 0.191 e. The lowest BCUT2D eigenvalue weighted by molar-refractivity contribution is 0.677. The number of rotatable bonds is 6. The first-order valence-electron chi connectivity index (χ1n) is 7.87. The van der Waals surface area contributed by atoms with Gasteiger partial charge in [-0.3, -0.25) is 9.20 Å². The molecule has 26 heavy (non-hydrogen) atoms. The second-order valence-electron chi connectivity index (χ2n) is 5.40. The number of hydrogen-bond acceptors (Lipinski definition) is 2. The molecule has 0 fully saturated rings. The molecule has 2 unspecified atom stereocenters. The molecule has 0 saturated heterocycles. The van der Waals surface area contributed by atoms with Crippen molar-refractivity contribution >= 4 is 63.9 Å². The van der Waals surface area contributed by atoms with Crippen molar-refractivity contribution in [1.29, 1.82) is 0 Å². The zero-order valence-electron chi connectivity index (χ0n) is 14.5. The third-order valence-corrected chi connectivity index (χ3v) is 5.72. The Morgan fingerprint density at radius 2 is 1.85 bits per heavy atom. The number of benzene rings is 2. The zero-order chi connectivity index (χ0) is 18.2. The lowest BCUT2D eigenvalue weighted by Gasteiger charge is -2.18. The van der Waals surface area contributed by atoms with Gasteiger partial charge in [0.15, 0.2) is 5.96 Å². The third-order valence-electron chi connectivity index (χ3n) is 3.61. The SMILES string of the molecule is CN=C(NCCS(=O)c1ccccc1)NC(C)c1ccc(Cl)c(Cl)c1.I. The molecular weight excluding hydrogens is 504 g/mol. The highest BCUT2D eigenvalue weighted by molar-refractivity contribution is 14.0. The van der Waals surface area contributed by atoms with E-state index < -0.39 is 10.8 Å². The van der Waals surface area contributed by atoms with Crippen LogP contribution in [0, 0.1) is 0 Å². The van der Waals surface area contributed by atoms with Gasteiger partial charge >= 0.3 is 0 Å². The summed E-state index contributed by atoms with van der Waals surface area (Å²) in [5.41, 5.74) is 1.00. The maximum atomic E-state index is 12.2. The Hall–Kier alpha value is -0.830. The summed E-state index contributed by atoms with van der Waals surface area (Å²) in [5.74, 6) is 1.15. The summed E-state index contributed by atoms with van der Waals surface area (Å²) in [4.78, 5) is 5.03. The Morgan fingerprint density at radius 3 is 2.46 bits per heavy atom. The number of nitrogens with zero attached hydrogens (tertiary/aromatic N) is 1. The van der Waals surface area contributed by atoms with Crippen LogP contribution < -0.4 is 10.6 Å². The van der Waals surface area contributed by atoms with Crippen LogP contribution in [0.2, 0.25) is 10.0 Å². The van der Waals surface area contributed by atoms with Crippen LogP contribution in [0.15, 0.2) is 58.4 Å². The van der Waals surface area contributed by atoms with Crippen LogP contribution in [0.3, 0.4) is 0 Å². The van der Waals surface area contributed by atoms with Crippen LogP contribution in [0.25, 0.3) is 0 Å². The van der Waals surface area contributed by atoms with Crippen LogP contribution in [-0.4, -0.2) is 29.5 Å². The topological polar surface area (TPSA) is 53.5 Å². The lowest BCUT2D eigenvalue weighted by Crippen LogP contribution is -2.40. The van der Waals surface area contributed by atoms with E-state index in [0.29, 0.717) is 28.3 Å². The molecule has 0 aromatic heterocycles. The Kier molecular flexibility index (Phi) is 10.5. The van der Waals surface area contributed by atoms with Crippen LogP contribution in [0.5, 0.6) is 0 Å². The number of aliphatic imine (C=N–C) groups is 1. The average Bonchev–Trinajstić information content (AvgIpc) is 2.63. The van der Waals surface area contributed by atoms with E-state index in [-0.39, 0.29) is 30.0 Å². The van der Waals surface area contributed by atoms with Gasteiger partial charge in [-0.05, 0) is 36.8 Å². The van der Waals surface area contributed by atoms with Crippen molar-refractivity contribution in [2.45, 2.75) is 17.9 Å². The molecule has 0 bridgehead atoms. The van der Waals surface area contributed by atoms with Crippen LogP contribution in [0.1, 0.15) is 18.5 Å². The first kappa shape index (κ1) is 23.2. The van der Waals surface area contributed by atoms with E-state index in [1.54, 1.807) is 13.1 Å². The fourth-order valence-electron chi connectivity index (χ4n) is 2.22. The summed E-state index contributed by atoms with van der Waals surface area (Å²) >= 11 is 12.0. The third kappa shape index (κ3) is 7.06. The minimum atomic E-state index is -1.03. The fraction of sp³-hybridized carbons (Fsp3) is 0.278. The molecule has 2 aromatic carbocycles. The number of halogens is 3. The average molecular weight is 526 g/mol. The van der Waals surface area contributed by atoms with Gasteiger partial charge in [-0.25, -0.2) is 0 Å². The summed E-state index contributed by atoms with van der Waals surface area (Å²) in [5, 5.41) is 7.52. The van der Waals surface area contributed by atoms with E-state index in [9.17, 15) is 4.21 Å². The quantitative estimate of drug-likeness (QED) is 0.328. The van der Waals surface area contributed by atoms with Crippen LogP contribution in [-0.2, 0) is 10.8 Å². The summed E-state index contributed by atoms with van der Waals surface area (Å²) in [7, 11) is 0.666. The highest BCUT2D eigenvalue weighted by atomic mass is 127. The van der Waals surface area contributed by atoms with Crippen molar-refractivity contribution in [3.63, 3.8) is 0 Å². The monoisotopic (exact) mass is 525 g/mol. The largest absolute Gasteiger partial charge is 0.355 e. The van der Waals surface area contributed by atoms with Crippen LogP contribution >= 0.6 is 47.2 Å². The molecule has 2 rings (SSSR count). The molecule has 0 aliphatic carbocycles. The van der Waals surface area contributed by atoms with Gasteiger partial charge in [0, 0.05) is 24.2 Å². The molecule has 0 heterocycles. The smallest absolute Gasteiger partial charge is 0.191 e. The maximum absolute atomic E-state index is 12.2. The number of nitrogens with one attached hydrogen (secondary N) is 2. The molecule has 142 valence electrons. The van der Waals surface area contributed by atoms with Gasteiger partial charge in [0.2, 0.25) is 0 Å². The molecule has 8 heteroatoms. The van der Waals surface area contributed by atoms with Crippen molar-refractivity contribution in [3.05, 3.63) is 64.1 Å².